The summed E-state index contributed by atoms with van der Waals surface area (Å²) in [5.41, 5.74) is 5.14. The fourth-order valence-electron chi connectivity index (χ4n) is 3.42. The number of amides is 1. The van der Waals surface area contributed by atoms with Crippen molar-refractivity contribution in [2.45, 2.75) is 20.4 Å². The van der Waals surface area contributed by atoms with Gasteiger partial charge in [-0.15, -0.1) is 11.3 Å². The predicted molar refractivity (Wildman–Crippen MR) is 118 cm³/mol. The van der Waals surface area contributed by atoms with E-state index in [1.165, 1.54) is 5.56 Å². The van der Waals surface area contributed by atoms with Crippen LogP contribution in [-0.4, -0.2) is 27.9 Å². The third kappa shape index (κ3) is 3.77. The maximum atomic E-state index is 12.6. The molecule has 0 spiro atoms. The van der Waals surface area contributed by atoms with Crippen molar-refractivity contribution in [1.82, 2.24) is 20.5 Å². The van der Waals surface area contributed by atoms with Gasteiger partial charge in [0.2, 0.25) is 6.79 Å². The summed E-state index contributed by atoms with van der Waals surface area (Å²) in [5.74, 6) is 1.17. The Hall–Kier alpha value is -3.65. The van der Waals surface area contributed by atoms with Crippen LogP contribution >= 0.6 is 11.3 Å². The zero-order chi connectivity index (χ0) is 21.4. The molecule has 0 saturated carbocycles. The number of fused-ring (bicyclic) bond motifs is 1. The number of aryl methyl sites for hydroxylation is 2. The molecule has 2 N–H and O–H groups in total. The van der Waals surface area contributed by atoms with Gasteiger partial charge in [0.15, 0.2) is 11.5 Å². The van der Waals surface area contributed by atoms with E-state index in [0.29, 0.717) is 29.4 Å². The summed E-state index contributed by atoms with van der Waals surface area (Å²) in [6, 6.07) is 15.5. The molecule has 31 heavy (non-hydrogen) atoms. The maximum absolute atomic E-state index is 12.6. The van der Waals surface area contributed by atoms with E-state index in [2.05, 4.69) is 39.6 Å². The van der Waals surface area contributed by atoms with E-state index < -0.39 is 0 Å². The fraction of sp³-hybridized carbons (Fsp3) is 0.174. The molecule has 7 nitrogen and oxygen atoms in total. The van der Waals surface area contributed by atoms with Crippen LogP contribution < -0.4 is 14.8 Å². The highest BCUT2D eigenvalue weighted by Gasteiger charge is 2.17. The highest BCUT2D eigenvalue weighted by atomic mass is 32.1. The van der Waals surface area contributed by atoms with Crippen molar-refractivity contribution in [3.8, 4) is 33.3 Å². The number of carbonyl (C=O) groups excluding carboxylic acids is 1. The molecule has 156 valence electrons. The summed E-state index contributed by atoms with van der Waals surface area (Å²) in [6.45, 7) is 4.67. The third-order valence-electron chi connectivity index (χ3n) is 5.17. The first-order valence-electron chi connectivity index (χ1n) is 9.84. The van der Waals surface area contributed by atoms with Crippen molar-refractivity contribution < 1.29 is 14.3 Å². The zero-order valence-corrected chi connectivity index (χ0v) is 17.9. The Labute approximate surface area is 183 Å². The Bertz CT molecular complexity index is 1280. The van der Waals surface area contributed by atoms with Crippen LogP contribution in [0.3, 0.4) is 0 Å². The Morgan fingerprint density at radius 2 is 1.97 bits per heavy atom. The Morgan fingerprint density at radius 3 is 2.84 bits per heavy atom. The number of hydrogen-bond acceptors (Lipinski definition) is 6. The van der Waals surface area contributed by atoms with Crippen LogP contribution in [0.4, 0.5) is 0 Å². The number of thiazole rings is 1. The molecule has 0 saturated heterocycles. The number of nitrogens with one attached hydrogen (secondary N) is 2. The van der Waals surface area contributed by atoms with E-state index in [-0.39, 0.29) is 12.7 Å². The minimum atomic E-state index is -0.218. The van der Waals surface area contributed by atoms with Crippen molar-refractivity contribution in [2.75, 3.05) is 6.79 Å². The molecule has 0 atom stereocenters. The largest absolute Gasteiger partial charge is 0.454 e. The van der Waals surface area contributed by atoms with E-state index in [1.807, 2.05) is 37.3 Å². The summed E-state index contributed by atoms with van der Waals surface area (Å²) in [4.78, 5) is 18.4. The molecule has 2 aromatic carbocycles. The monoisotopic (exact) mass is 432 g/mol. The second-order valence-corrected chi connectivity index (χ2v) is 8.34. The van der Waals surface area contributed by atoms with Crippen LogP contribution in [0.5, 0.6) is 11.5 Å². The molecule has 8 heteroatoms. The number of ether oxygens (including phenoxy) is 2. The lowest BCUT2D eigenvalue weighted by atomic mass is 10.1. The lowest BCUT2D eigenvalue weighted by Crippen LogP contribution is -2.23. The van der Waals surface area contributed by atoms with Gasteiger partial charge in [0.25, 0.3) is 5.91 Å². The van der Waals surface area contributed by atoms with E-state index in [0.717, 1.165) is 26.7 Å². The Balaban J connectivity index is 1.28. The number of H-pyrrole nitrogens is 1. The molecule has 0 unspecified atom stereocenters. The molecule has 3 heterocycles. The van der Waals surface area contributed by atoms with Gasteiger partial charge >= 0.3 is 0 Å². The smallest absolute Gasteiger partial charge is 0.269 e. The van der Waals surface area contributed by atoms with Crippen molar-refractivity contribution in [3.63, 3.8) is 0 Å². The molecule has 4 aromatic rings. The SMILES string of the molecule is Cc1ccccc1-c1nc(C)c(CNC(=O)c2cc(-c3ccc4c(c3)OCO4)n[nH]2)s1. The van der Waals surface area contributed by atoms with Crippen LogP contribution in [0.25, 0.3) is 21.8 Å². The number of carbonyl (C=O) groups is 1. The standard InChI is InChI=1S/C23H20N4O3S/c1-13-5-3-4-6-16(13)23-25-14(2)21(31-23)11-24-22(28)18-10-17(26-27-18)15-7-8-19-20(9-15)30-12-29-19/h3-10H,11-12H2,1-2H3,(H,24,28)(H,26,27). The molecule has 0 fully saturated rings. The van der Waals surface area contributed by atoms with Crippen LogP contribution in [-0.2, 0) is 6.54 Å². The number of hydrogen-bond donors (Lipinski definition) is 2. The third-order valence-corrected chi connectivity index (χ3v) is 6.36. The van der Waals surface area contributed by atoms with Gasteiger partial charge in [-0.3, -0.25) is 9.89 Å². The molecular formula is C23H20N4O3S. The average Bonchev–Trinajstić information content (AvgIpc) is 3.51. The van der Waals surface area contributed by atoms with E-state index >= 15 is 0 Å². The van der Waals surface area contributed by atoms with Crippen LogP contribution in [0.15, 0.2) is 48.5 Å². The molecular weight excluding hydrogens is 412 g/mol. The fourth-order valence-corrected chi connectivity index (χ4v) is 4.51. The minimum Gasteiger partial charge on any atom is -0.454 e. The van der Waals surface area contributed by atoms with Crippen LogP contribution in [0.1, 0.15) is 26.6 Å². The second-order valence-electron chi connectivity index (χ2n) is 7.26. The maximum Gasteiger partial charge on any atom is 0.269 e. The quantitative estimate of drug-likeness (QED) is 0.486. The molecule has 1 aliphatic rings. The summed E-state index contributed by atoms with van der Waals surface area (Å²) in [7, 11) is 0. The van der Waals surface area contributed by atoms with E-state index in [9.17, 15) is 4.79 Å². The molecule has 2 aromatic heterocycles. The van der Waals surface area contributed by atoms with E-state index in [4.69, 9.17) is 9.47 Å². The first-order chi connectivity index (χ1) is 15.1. The Kier molecular flexibility index (Phi) is 4.91. The lowest BCUT2D eigenvalue weighted by molar-refractivity contribution is 0.0946. The molecule has 0 bridgehead atoms. The van der Waals surface area contributed by atoms with Crippen LogP contribution in [0.2, 0.25) is 0 Å². The zero-order valence-electron chi connectivity index (χ0n) is 17.1. The summed E-state index contributed by atoms with van der Waals surface area (Å²) < 4.78 is 10.7. The lowest BCUT2D eigenvalue weighted by Gasteiger charge is -2.02. The average molecular weight is 433 g/mol. The van der Waals surface area contributed by atoms with Gasteiger partial charge in [0, 0.05) is 16.0 Å². The normalized spacial score (nSPS) is 12.2. The van der Waals surface area contributed by atoms with Crippen molar-refractivity contribution in [2.24, 2.45) is 0 Å². The first-order valence-corrected chi connectivity index (χ1v) is 10.7. The molecule has 5 rings (SSSR count). The number of nitrogens with zero attached hydrogens (tertiary/aromatic N) is 2. The summed E-state index contributed by atoms with van der Waals surface area (Å²) in [5, 5.41) is 11.0. The highest BCUT2D eigenvalue weighted by Crippen LogP contribution is 2.35. The predicted octanol–water partition coefficient (Wildman–Crippen LogP) is 4.48. The van der Waals surface area contributed by atoms with Gasteiger partial charge in [0.1, 0.15) is 10.7 Å². The van der Waals surface area contributed by atoms with Gasteiger partial charge in [-0.05, 0) is 43.7 Å². The molecule has 0 radical (unpaired) electrons. The van der Waals surface area contributed by atoms with Gasteiger partial charge in [-0.1, -0.05) is 24.3 Å². The van der Waals surface area contributed by atoms with Crippen LogP contribution in [0, 0.1) is 13.8 Å². The molecule has 1 amide bonds. The molecule has 0 aliphatic carbocycles. The second kappa shape index (κ2) is 7.88. The first kappa shape index (κ1) is 19.3. The molecule has 1 aliphatic heterocycles. The van der Waals surface area contributed by atoms with Gasteiger partial charge in [-0.2, -0.15) is 5.10 Å². The topological polar surface area (TPSA) is 89.1 Å². The minimum absolute atomic E-state index is 0.218. The highest BCUT2D eigenvalue weighted by molar-refractivity contribution is 7.15. The van der Waals surface area contributed by atoms with Gasteiger partial charge < -0.3 is 14.8 Å². The Morgan fingerprint density at radius 1 is 1.13 bits per heavy atom. The number of aromatic nitrogens is 3. The number of aromatic amines is 1. The van der Waals surface area contributed by atoms with Crippen molar-refractivity contribution >= 4 is 17.2 Å². The summed E-state index contributed by atoms with van der Waals surface area (Å²) in [6.07, 6.45) is 0. The summed E-state index contributed by atoms with van der Waals surface area (Å²) >= 11 is 1.60. The van der Waals surface area contributed by atoms with Gasteiger partial charge in [0.05, 0.1) is 17.9 Å². The van der Waals surface area contributed by atoms with E-state index in [1.54, 1.807) is 17.4 Å². The number of rotatable bonds is 5. The van der Waals surface area contributed by atoms with Gasteiger partial charge in [-0.25, -0.2) is 4.98 Å². The van der Waals surface area contributed by atoms with Crippen molar-refractivity contribution in [3.05, 3.63) is 70.4 Å². The van der Waals surface area contributed by atoms with Crippen molar-refractivity contribution in [1.29, 1.82) is 0 Å². The number of benzene rings is 2.